The van der Waals surface area contributed by atoms with Crippen LogP contribution in [0.4, 0.5) is 0 Å². The number of aliphatic hydroxyl groups is 1. The molecule has 4 nitrogen and oxygen atoms in total. The van der Waals surface area contributed by atoms with Gasteiger partial charge in [0.2, 0.25) is 0 Å². The lowest BCUT2D eigenvalue weighted by Crippen LogP contribution is -2.11. The lowest BCUT2D eigenvalue weighted by atomic mass is 10.0. The predicted octanol–water partition coefficient (Wildman–Crippen LogP) is 1.83. The molecule has 0 fully saturated rings. The fraction of sp³-hybridized carbons (Fsp3) is 0.429. The SMILES string of the molecule is CCn1cc(CC(O)CCc2cccnc2)cn1. The van der Waals surface area contributed by atoms with E-state index in [9.17, 15) is 5.11 Å². The summed E-state index contributed by atoms with van der Waals surface area (Å²) in [5, 5.41) is 14.2. The van der Waals surface area contributed by atoms with Gasteiger partial charge >= 0.3 is 0 Å². The minimum atomic E-state index is -0.320. The smallest absolute Gasteiger partial charge is 0.0584 e. The molecule has 2 rings (SSSR count). The molecule has 4 heteroatoms. The van der Waals surface area contributed by atoms with Crippen LogP contribution in [-0.4, -0.2) is 26.0 Å². The van der Waals surface area contributed by atoms with Crippen LogP contribution in [0.2, 0.25) is 0 Å². The van der Waals surface area contributed by atoms with Gasteiger partial charge in [-0.05, 0) is 37.0 Å². The van der Waals surface area contributed by atoms with E-state index < -0.39 is 0 Å². The summed E-state index contributed by atoms with van der Waals surface area (Å²) in [4.78, 5) is 4.07. The van der Waals surface area contributed by atoms with Crippen molar-refractivity contribution in [2.45, 2.75) is 38.8 Å². The predicted molar refractivity (Wildman–Crippen MR) is 70.2 cm³/mol. The van der Waals surface area contributed by atoms with Crippen molar-refractivity contribution < 1.29 is 5.11 Å². The van der Waals surface area contributed by atoms with Crippen molar-refractivity contribution >= 4 is 0 Å². The molecule has 0 spiro atoms. The Morgan fingerprint density at radius 2 is 2.22 bits per heavy atom. The number of hydrogen-bond donors (Lipinski definition) is 1. The van der Waals surface area contributed by atoms with Gasteiger partial charge in [0.05, 0.1) is 12.3 Å². The Balaban J connectivity index is 1.80. The summed E-state index contributed by atoms with van der Waals surface area (Å²) in [5.74, 6) is 0. The van der Waals surface area contributed by atoms with Crippen LogP contribution >= 0.6 is 0 Å². The van der Waals surface area contributed by atoms with Crippen molar-refractivity contribution in [2.24, 2.45) is 0 Å². The van der Waals surface area contributed by atoms with Crippen LogP contribution in [-0.2, 0) is 19.4 Å². The molecule has 0 aromatic carbocycles. The minimum absolute atomic E-state index is 0.320. The van der Waals surface area contributed by atoms with Crippen molar-refractivity contribution in [3.63, 3.8) is 0 Å². The normalized spacial score (nSPS) is 12.6. The van der Waals surface area contributed by atoms with Crippen molar-refractivity contribution in [1.29, 1.82) is 0 Å². The van der Waals surface area contributed by atoms with Gasteiger partial charge in [-0.1, -0.05) is 6.07 Å². The Morgan fingerprint density at radius 1 is 1.33 bits per heavy atom. The molecule has 0 aliphatic carbocycles. The minimum Gasteiger partial charge on any atom is -0.393 e. The highest BCUT2D eigenvalue weighted by Crippen LogP contribution is 2.09. The van der Waals surface area contributed by atoms with E-state index in [1.807, 2.05) is 35.4 Å². The van der Waals surface area contributed by atoms with Gasteiger partial charge in [0.1, 0.15) is 0 Å². The second-order valence-electron chi connectivity index (χ2n) is 4.46. The first-order valence-electron chi connectivity index (χ1n) is 6.36. The van der Waals surface area contributed by atoms with E-state index in [0.717, 1.165) is 24.9 Å². The van der Waals surface area contributed by atoms with Gasteiger partial charge in [0.15, 0.2) is 0 Å². The molecule has 2 aromatic rings. The van der Waals surface area contributed by atoms with Gasteiger partial charge in [-0.15, -0.1) is 0 Å². The Hall–Kier alpha value is -1.68. The standard InChI is InChI=1S/C14H19N3O/c1-2-17-11-13(10-16-17)8-14(18)6-5-12-4-3-7-15-9-12/h3-4,7,9-11,14,18H,2,5-6,8H2,1H3. The average molecular weight is 245 g/mol. The molecule has 0 aliphatic rings. The molecule has 18 heavy (non-hydrogen) atoms. The van der Waals surface area contributed by atoms with Crippen molar-refractivity contribution in [3.8, 4) is 0 Å². The Bertz CT molecular complexity index is 467. The number of rotatable bonds is 6. The van der Waals surface area contributed by atoms with Crippen molar-refractivity contribution in [1.82, 2.24) is 14.8 Å². The van der Waals surface area contributed by atoms with E-state index in [2.05, 4.69) is 17.0 Å². The van der Waals surface area contributed by atoms with E-state index in [-0.39, 0.29) is 6.10 Å². The maximum absolute atomic E-state index is 9.99. The van der Waals surface area contributed by atoms with Crippen LogP contribution in [0.1, 0.15) is 24.5 Å². The zero-order valence-electron chi connectivity index (χ0n) is 10.7. The van der Waals surface area contributed by atoms with Gasteiger partial charge in [0.25, 0.3) is 0 Å². The zero-order chi connectivity index (χ0) is 12.8. The van der Waals surface area contributed by atoms with E-state index in [0.29, 0.717) is 6.42 Å². The summed E-state index contributed by atoms with van der Waals surface area (Å²) in [6.45, 7) is 2.92. The average Bonchev–Trinajstić information content (AvgIpc) is 2.85. The van der Waals surface area contributed by atoms with Crippen LogP contribution in [0.3, 0.4) is 0 Å². The molecule has 1 unspecified atom stereocenters. The third-order valence-electron chi connectivity index (χ3n) is 2.97. The summed E-state index contributed by atoms with van der Waals surface area (Å²) < 4.78 is 1.88. The summed E-state index contributed by atoms with van der Waals surface area (Å²) in [6.07, 6.45) is 9.39. The molecule has 2 aromatic heterocycles. The molecule has 0 amide bonds. The number of pyridine rings is 1. The Labute approximate surface area is 107 Å². The summed E-state index contributed by atoms with van der Waals surface area (Å²) in [5.41, 5.74) is 2.26. The van der Waals surface area contributed by atoms with E-state index in [1.165, 1.54) is 5.56 Å². The van der Waals surface area contributed by atoms with Gasteiger partial charge in [-0.3, -0.25) is 9.67 Å². The first-order valence-corrected chi connectivity index (χ1v) is 6.36. The maximum Gasteiger partial charge on any atom is 0.0584 e. The summed E-state index contributed by atoms with van der Waals surface area (Å²) in [7, 11) is 0. The summed E-state index contributed by atoms with van der Waals surface area (Å²) >= 11 is 0. The van der Waals surface area contributed by atoms with Gasteiger partial charge in [-0.25, -0.2) is 0 Å². The lowest BCUT2D eigenvalue weighted by Gasteiger charge is -2.08. The first-order chi connectivity index (χ1) is 8.78. The maximum atomic E-state index is 9.99. The second-order valence-corrected chi connectivity index (χ2v) is 4.46. The third kappa shape index (κ3) is 3.67. The monoisotopic (exact) mass is 245 g/mol. The van der Waals surface area contributed by atoms with E-state index in [1.54, 1.807) is 6.20 Å². The fourth-order valence-electron chi connectivity index (χ4n) is 1.94. The van der Waals surface area contributed by atoms with Crippen LogP contribution in [0.5, 0.6) is 0 Å². The number of aliphatic hydroxyl groups excluding tert-OH is 1. The topological polar surface area (TPSA) is 50.9 Å². The molecule has 0 bridgehead atoms. The molecule has 96 valence electrons. The molecule has 0 saturated heterocycles. The quantitative estimate of drug-likeness (QED) is 0.844. The number of hydrogen-bond acceptors (Lipinski definition) is 3. The Kier molecular flexibility index (Phi) is 4.47. The fourth-order valence-corrected chi connectivity index (χ4v) is 1.94. The Morgan fingerprint density at radius 3 is 2.89 bits per heavy atom. The highest BCUT2D eigenvalue weighted by Gasteiger charge is 2.07. The zero-order valence-corrected chi connectivity index (χ0v) is 10.7. The molecular weight excluding hydrogens is 226 g/mol. The second kappa shape index (κ2) is 6.31. The van der Waals surface area contributed by atoms with Crippen LogP contribution in [0, 0.1) is 0 Å². The number of nitrogens with zero attached hydrogens (tertiary/aromatic N) is 3. The van der Waals surface area contributed by atoms with Crippen molar-refractivity contribution in [3.05, 3.63) is 48.0 Å². The van der Waals surface area contributed by atoms with Crippen molar-refractivity contribution in [2.75, 3.05) is 0 Å². The van der Waals surface area contributed by atoms with Gasteiger partial charge in [-0.2, -0.15) is 5.10 Å². The van der Waals surface area contributed by atoms with Gasteiger partial charge in [0, 0.05) is 31.6 Å². The molecule has 0 radical (unpaired) electrons. The highest BCUT2D eigenvalue weighted by atomic mass is 16.3. The van der Waals surface area contributed by atoms with Crippen LogP contribution in [0.25, 0.3) is 0 Å². The van der Waals surface area contributed by atoms with Crippen LogP contribution < -0.4 is 0 Å². The molecule has 1 atom stereocenters. The number of aromatic nitrogens is 3. The molecule has 0 saturated carbocycles. The lowest BCUT2D eigenvalue weighted by molar-refractivity contribution is 0.165. The largest absolute Gasteiger partial charge is 0.393 e. The van der Waals surface area contributed by atoms with E-state index in [4.69, 9.17) is 0 Å². The molecule has 2 heterocycles. The third-order valence-corrected chi connectivity index (χ3v) is 2.97. The first kappa shape index (κ1) is 12.8. The van der Waals surface area contributed by atoms with Crippen LogP contribution in [0.15, 0.2) is 36.9 Å². The van der Waals surface area contributed by atoms with Gasteiger partial charge < -0.3 is 5.11 Å². The number of aryl methyl sites for hydroxylation is 2. The summed E-state index contributed by atoms with van der Waals surface area (Å²) in [6, 6.07) is 3.96. The highest BCUT2D eigenvalue weighted by molar-refractivity contribution is 5.09. The van der Waals surface area contributed by atoms with E-state index >= 15 is 0 Å². The molecule has 1 N–H and O–H groups in total. The molecule has 0 aliphatic heterocycles. The molecular formula is C14H19N3O.